The molecule has 0 aromatic heterocycles. The molecule has 0 aliphatic carbocycles. The summed E-state index contributed by atoms with van der Waals surface area (Å²) in [7, 11) is 0. The van der Waals surface area contributed by atoms with Crippen LogP contribution in [0.15, 0.2) is 30.3 Å². The maximum absolute atomic E-state index is 10.7. The topological polar surface area (TPSA) is 37.3 Å². The molecule has 0 aliphatic heterocycles. The Kier molecular flexibility index (Phi) is 10.2. The van der Waals surface area contributed by atoms with Gasteiger partial charge in [-0.3, -0.25) is 4.79 Å². The predicted molar refractivity (Wildman–Crippen MR) is 65.2 cm³/mol. The van der Waals surface area contributed by atoms with Crippen LogP contribution < -0.4 is 0 Å². The van der Waals surface area contributed by atoms with E-state index in [0.717, 1.165) is 0 Å². The van der Waals surface area contributed by atoms with Crippen LogP contribution in [0.5, 0.6) is 0 Å². The van der Waals surface area contributed by atoms with Crippen LogP contribution >= 0.6 is 0 Å². The highest BCUT2D eigenvalue weighted by Crippen LogP contribution is 2.12. The van der Waals surface area contributed by atoms with Crippen molar-refractivity contribution < 1.29 is 23.1 Å². The van der Waals surface area contributed by atoms with E-state index in [2.05, 4.69) is 0 Å². The Balaban J connectivity index is 0. The second kappa shape index (κ2) is 9.65. The van der Waals surface area contributed by atoms with Gasteiger partial charge in [-0.05, 0) is 12.5 Å². The molecular formula is C13H19F3O2. The van der Waals surface area contributed by atoms with Gasteiger partial charge in [0.15, 0.2) is 5.78 Å². The van der Waals surface area contributed by atoms with Crippen molar-refractivity contribution in [2.75, 3.05) is 0 Å². The molecule has 1 aromatic rings. The van der Waals surface area contributed by atoms with E-state index in [0.29, 0.717) is 5.56 Å². The first-order chi connectivity index (χ1) is 8.22. The lowest BCUT2D eigenvalue weighted by molar-refractivity contribution is -0.125. The number of hydrogen-bond donors (Lipinski definition) is 1. The van der Waals surface area contributed by atoms with Gasteiger partial charge < -0.3 is 5.11 Å². The maximum atomic E-state index is 10.7. The molecule has 0 saturated heterocycles. The maximum Gasteiger partial charge on any atom is 0.386 e. The fraction of sp³-hybridized carbons (Fsp3) is 0.462. The van der Waals surface area contributed by atoms with Crippen molar-refractivity contribution in [1.29, 1.82) is 0 Å². The molecule has 1 unspecified atom stereocenters. The van der Waals surface area contributed by atoms with Crippen LogP contribution in [0.3, 0.4) is 0 Å². The van der Waals surface area contributed by atoms with Crippen molar-refractivity contribution in [3.8, 4) is 0 Å². The largest absolute Gasteiger partial charge is 0.386 e. The third-order valence-electron chi connectivity index (χ3n) is 1.50. The SMILES string of the molecule is CC.CC(=O)C(O)c1ccccc1.CC(F)(F)F. The molecule has 0 spiro atoms. The van der Waals surface area contributed by atoms with E-state index in [1.807, 2.05) is 19.9 Å². The lowest BCUT2D eigenvalue weighted by atomic mass is 10.1. The zero-order valence-electron chi connectivity index (χ0n) is 11.0. The molecule has 5 heteroatoms. The highest BCUT2D eigenvalue weighted by Gasteiger charge is 2.15. The number of Topliss-reactive ketones (excluding diaryl/α,β-unsaturated/α-hetero) is 1. The van der Waals surface area contributed by atoms with Crippen LogP contribution in [0.2, 0.25) is 0 Å². The van der Waals surface area contributed by atoms with E-state index >= 15 is 0 Å². The predicted octanol–water partition coefficient (Wildman–Crippen LogP) is 3.90. The minimum atomic E-state index is -4.00. The second-order valence-corrected chi connectivity index (χ2v) is 3.21. The Hall–Kier alpha value is -1.36. The zero-order valence-corrected chi connectivity index (χ0v) is 11.0. The molecule has 0 fully saturated rings. The van der Waals surface area contributed by atoms with Gasteiger partial charge in [0.05, 0.1) is 0 Å². The van der Waals surface area contributed by atoms with Gasteiger partial charge in [0.2, 0.25) is 0 Å². The summed E-state index contributed by atoms with van der Waals surface area (Å²) >= 11 is 0. The standard InChI is InChI=1S/C9H10O2.C2H3F3.C2H6/c1-7(10)9(11)8-5-3-2-4-6-8;1-2(3,4)5;1-2/h2-6,9,11H,1H3;1H3;1-2H3. The molecule has 0 amide bonds. The summed E-state index contributed by atoms with van der Waals surface area (Å²) < 4.78 is 31.1. The quantitative estimate of drug-likeness (QED) is 0.879. The molecule has 0 heterocycles. The Labute approximate surface area is 105 Å². The van der Waals surface area contributed by atoms with Crippen LogP contribution in [-0.2, 0) is 4.79 Å². The molecule has 1 aromatic carbocycles. The fourth-order valence-electron chi connectivity index (χ4n) is 0.870. The monoisotopic (exact) mass is 264 g/mol. The lowest BCUT2D eigenvalue weighted by Crippen LogP contribution is -2.06. The average molecular weight is 264 g/mol. The molecule has 18 heavy (non-hydrogen) atoms. The highest BCUT2D eigenvalue weighted by atomic mass is 19.4. The summed E-state index contributed by atoms with van der Waals surface area (Å²) in [5, 5.41) is 9.25. The van der Waals surface area contributed by atoms with Gasteiger partial charge in [-0.2, -0.15) is 13.2 Å². The minimum absolute atomic E-state index is 0.188. The smallest absolute Gasteiger partial charge is 0.381 e. The Morgan fingerprint density at radius 1 is 1.17 bits per heavy atom. The third-order valence-corrected chi connectivity index (χ3v) is 1.50. The van der Waals surface area contributed by atoms with Crippen LogP contribution in [0.4, 0.5) is 13.2 Å². The first-order valence-electron chi connectivity index (χ1n) is 5.52. The summed E-state index contributed by atoms with van der Waals surface area (Å²) in [5.41, 5.74) is 0.653. The molecule has 1 N–H and O–H groups in total. The van der Waals surface area contributed by atoms with Crippen LogP contribution in [0, 0.1) is 0 Å². The van der Waals surface area contributed by atoms with E-state index in [-0.39, 0.29) is 12.7 Å². The molecule has 0 radical (unpaired) electrons. The minimum Gasteiger partial charge on any atom is -0.381 e. The molecule has 0 aliphatic rings. The molecule has 104 valence electrons. The van der Waals surface area contributed by atoms with E-state index in [9.17, 15) is 23.1 Å². The van der Waals surface area contributed by atoms with Gasteiger partial charge in [0.1, 0.15) is 6.10 Å². The van der Waals surface area contributed by atoms with E-state index in [1.165, 1.54) is 6.92 Å². The van der Waals surface area contributed by atoms with Crippen molar-refractivity contribution in [3.05, 3.63) is 35.9 Å². The third kappa shape index (κ3) is 12.7. The summed E-state index contributed by atoms with van der Waals surface area (Å²) in [6.07, 6.45) is -4.96. The zero-order chi connectivity index (χ0) is 14.8. The van der Waals surface area contributed by atoms with Crippen LogP contribution in [-0.4, -0.2) is 17.1 Å². The molecule has 1 rings (SSSR count). The number of rotatable bonds is 2. The number of hydrogen-bond acceptors (Lipinski definition) is 2. The van der Waals surface area contributed by atoms with Crippen LogP contribution in [0.25, 0.3) is 0 Å². The summed E-state index contributed by atoms with van der Waals surface area (Å²) in [6, 6.07) is 8.89. The normalized spacial score (nSPS) is 11.3. The van der Waals surface area contributed by atoms with Gasteiger partial charge in [-0.15, -0.1) is 0 Å². The van der Waals surface area contributed by atoms with Crippen molar-refractivity contribution in [2.24, 2.45) is 0 Å². The van der Waals surface area contributed by atoms with Crippen molar-refractivity contribution >= 4 is 5.78 Å². The van der Waals surface area contributed by atoms with E-state index in [4.69, 9.17) is 0 Å². The first-order valence-corrected chi connectivity index (χ1v) is 5.52. The van der Waals surface area contributed by atoms with Gasteiger partial charge >= 0.3 is 6.18 Å². The van der Waals surface area contributed by atoms with Crippen molar-refractivity contribution in [1.82, 2.24) is 0 Å². The van der Waals surface area contributed by atoms with Crippen LogP contribution in [0.1, 0.15) is 39.4 Å². The number of aliphatic hydroxyl groups is 1. The summed E-state index contributed by atoms with van der Waals surface area (Å²) in [5.74, 6) is -0.226. The average Bonchev–Trinajstić information content (AvgIpc) is 2.29. The summed E-state index contributed by atoms with van der Waals surface area (Å²) in [4.78, 5) is 10.7. The van der Waals surface area contributed by atoms with E-state index in [1.54, 1.807) is 24.3 Å². The lowest BCUT2D eigenvalue weighted by Gasteiger charge is -2.04. The number of carbonyl (C=O) groups excluding carboxylic acids is 1. The molecule has 2 nitrogen and oxygen atoms in total. The fourth-order valence-corrected chi connectivity index (χ4v) is 0.870. The number of ketones is 1. The number of carbonyl (C=O) groups is 1. The van der Waals surface area contributed by atoms with Crippen molar-refractivity contribution in [3.63, 3.8) is 0 Å². The number of aliphatic hydroxyl groups excluding tert-OH is 1. The Bertz CT molecular complexity index is 315. The van der Waals surface area contributed by atoms with Gasteiger partial charge in [-0.25, -0.2) is 0 Å². The summed E-state index contributed by atoms with van der Waals surface area (Å²) in [6.45, 7) is 5.56. The molecule has 0 saturated carbocycles. The highest BCUT2D eigenvalue weighted by molar-refractivity contribution is 5.81. The number of benzene rings is 1. The van der Waals surface area contributed by atoms with Gasteiger partial charge in [-0.1, -0.05) is 44.2 Å². The van der Waals surface area contributed by atoms with Gasteiger partial charge in [0, 0.05) is 6.92 Å². The van der Waals surface area contributed by atoms with E-state index < -0.39 is 12.3 Å². The number of halogens is 3. The Morgan fingerprint density at radius 3 is 1.78 bits per heavy atom. The molecular weight excluding hydrogens is 245 g/mol. The Morgan fingerprint density at radius 2 is 1.50 bits per heavy atom. The molecule has 1 atom stereocenters. The van der Waals surface area contributed by atoms with Gasteiger partial charge in [0.25, 0.3) is 0 Å². The second-order valence-electron chi connectivity index (χ2n) is 3.21. The molecule has 0 bridgehead atoms. The first kappa shape index (κ1) is 19.0. The number of alkyl halides is 3. The van der Waals surface area contributed by atoms with Crippen molar-refractivity contribution in [2.45, 2.75) is 40.0 Å².